The van der Waals surface area contributed by atoms with Gasteiger partial charge in [0.05, 0.1) is 11.4 Å². The molecule has 1 saturated carbocycles. The molecular weight excluding hydrogens is 384 g/mol. The van der Waals surface area contributed by atoms with Gasteiger partial charge in [-0.05, 0) is 39.2 Å². The molecule has 1 amide bonds. The summed E-state index contributed by atoms with van der Waals surface area (Å²) in [6.07, 6.45) is 2.42. The van der Waals surface area contributed by atoms with Crippen molar-refractivity contribution in [1.29, 1.82) is 0 Å². The molecule has 2 aromatic heterocycles. The molecule has 0 unspecified atom stereocenters. The molecule has 0 aromatic carbocycles. The van der Waals surface area contributed by atoms with E-state index in [0.29, 0.717) is 38.4 Å². The fourth-order valence-electron chi connectivity index (χ4n) is 3.08. The Kier molecular flexibility index (Phi) is 5.81. The number of amides is 1. The number of nitrogens with zero attached hydrogens (tertiary/aromatic N) is 3. The average Bonchev–Trinajstić information content (AvgIpc) is 3.25. The van der Waals surface area contributed by atoms with Crippen molar-refractivity contribution in [2.24, 2.45) is 0 Å². The summed E-state index contributed by atoms with van der Waals surface area (Å²) in [5, 5.41) is 8.87. The zero-order valence-electron chi connectivity index (χ0n) is 15.8. The Morgan fingerprint density at radius 1 is 1.26 bits per heavy atom. The third-order valence-electron chi connectivity index (χ3n) is 4.48. The minimum absolute atomic E-state index is 0.0514. The van der Waals surface area contributed by atoms with Crippen LogP contribution in [0.3, 0.4) is 0 Å². The Bertz CT molecular complexity index is 899. The number of carbonyl (C=O) groups excluding carboxylic acids is 3. The molecule has 2 heterocycles. The van der Waals surface area contributed by atoms with Crippen LogP contribution < -0.4 is 4.90 Å². The molecule has 0 saturated heterocycles. The number of aromatic nitrogens is 3. The smallest absolute Gasteiger partial charge is 0.228 e. The Labute approximate surface area is 165 Å². The Hall–Kier alpha value is -2.00. The van der Waals surface area contributed by atoms with E-state index >= 15 is 0 Å². The molecule has 1 fully saturated rings. The van der Waals surface area contributed by atoms with E-state index in [1.54, 1.807) is 18.7 Å². The standard InChI is InChI=1S/C18H22N4O3S2/c1-5-14(25)22(12-6-7-12)17-20-21-18(27-17)26-8-13(24)16-9(2)15(11(4)23)10(3)19-16/h12,19H,5-8H2,1-4H3. The van der Waals surface area contributed by atoms with Gasteiger partial charge in [0, 0.05) is 23.7 Å². The first-order valence-electron chi connectivity index (χ1n) is 8.85. The van der Waals surface area contributed by atoms with Crippen molar-refractivity contribution in [3.63, 3.8) is 0 Å². The number of rotatable bonds is 8. The lowest BCUT2D eigenvalue weighted by molar-refractivity contribution is -0.118. The Morgan fingerprint density at radius 2 is 1.96 bits per heavy atom. The Balaban J connectivity index is 1.68. The van der Waals surface area contributed by atoms with E-state index < -0.39 is 0 Å². The Morgan fingerprint density at radius 3 is 2.52 bits per heavy atom. The number of hydrogen-bond donors (Lipinski definition) is 1. The maximum Gasteiger partial charge on any atom is 0.228 e. The number of H-pyrrole nitrogens is 1. The number of anilines is 1. The van der Waals surface area contributed by atoms with Crippen LogP contribution in [0.4, 0.5) is 5.13 Å². The van der Waals surface area contributed by atoms with Crippen molar-refractivity contribution in [3.05, 3.63) is 22.5 Å². The van der Waals surface area contributed by atoms with Crippen molar-refractivity contribution >= 4 is 45.7 Å². The van der Waals surface area contributed by atoms with Gasteiger partial charge in [0.2, 0.25) is 11.0 Å². The third kappa shape index (κ3) is 4.14. The van der Waals surface area contributed by atoms with Crippen molar-refractivity contribution < 1.29 is 14.4 Å². The average molecular weight is 407 g/mol. The fraction of sp³-hybridized carbons (Fsp3) is 0.500. The number of ketones is 2. The molecule has 0 spiro atoms. The predicted octanol–water partition coefficient (Wildman–Crippen LogP) is 3.57. The molecule has 27 heavy (non-hydrogen) atoms. The molecular formula is C18H22N4O3S2. The monoisotopic (exact) mass is 406 g/mol. The first-order chi connectivity index (χ1) is 12.8. The van der Waals surface area contributed by atoms with Gasteiger partial charge in [0.1, 0.15) is 0 Å². The molecule has 9 heteroatoms. The van der Waals surface area contributed by atoms with E-state index in [0.717, 1.165) is 12.8 Å². The SMILES string of the molecule is CCC(=O)N(c1nnc(SCC(=O)c2[nH]c(C)c(C(C)=O)c2C)s1)C1CC1. The summed E-state index contributed by atoms with van der Waals surface area (Å²) in [5.41, 5.74) is 2.46. The molecule has 2 aromatic rings. The number of carbonyl (C=O) groups is 3. The molecule has 0 aliphatic heterocycles. The lowest BCUT2D eigenvalue weighted by Gasteiger charge is -2.17. The largest absolute Gasteiger partial charge is 0.355 e. The summed E-state index contributed by atoms with van der Waals surface area (Å²) in [4.78, 5) is 41.2. The molecule has 0 bridgehead atoms. The summed E-state index contributed by atoms with van der Waals surface area (Å²) in [6.45, 7) is 6.91. The molecule has 1 aliphatic rings. The van der Waals surface area contributed by atoms with Crippen LogP contribution in [0.5, 0.6) is 0 Å². The first kappa shape index (κ1) is 19.8. The summed E-state index contributed by atoms with van der Waals surface area (Å²) in [7, 11) is 0. The highest BCUT2D eigenvalue weighted by Gasteiger charge is 2.35. The van der Waals surface area contributed by atoms with Gasteiger partial charge in [0.25, 0.3) is 0 Å². The summed E-state index contributed by atoms with van der Waals surface area (Å²) < 4.78 is 0.653. The second-order valence-corrected chi connectivity index (χ2v) is 8.77. The van der Waals surface area contributed by atoms with Gasteiger partial charge in [0.15, 0.2) is 15.9 Å². The fourth-order valence-corrected chi connectivity index (χ4v) is 4.89. The number of aromatic amines is 1. The number of Topliss-reactive ketones (excluding diaryl/α,β-unsaturated/α-hetero) is 2. The molecule has 1 aliphatic carbocycles. The van der Waals surface area contributed by atoms with Gasteiger partial charge in [-0.25, -0.2) is 0 Å². The van der Waals surface area contributed by atoms with Gasteiger partial charge in [-0.1, -0.05) is 30.0 Å². The number of thioether (sulfide) groups is 1. The number of nitrogens with one attached hydrogen (secondary N) is 1. The van der Waals surface area contributed by atoms with E-state index in [9.17, 15) is 14.4 Å². The number of aryl methyl sites for hydroxylation is 1. The van der Waals surface area contributed by atoms with E-state index in [2.05, 4.69) is 15.2 Å². The van der Waals surface area contributed by atoms with Crippen molar-refractivity contribution in [3.8, 4) is 0 Å². The van der Waals surface area contributed by atoms with Gasteiger partial charge >= 0.3 is 0 Å². The van der Waals surface area contributed by atoms with Crippen LogP contribution in [-0.2, 0) is 4.79 Å². The van der Waals surface area contributed by atoms with E-state index in [1.165, 1.54) is 30.0 Å². The van der Waals surface area contributed by atoms with Gasteiger partial charge in [-0.15, -0.1) is 10.2 Å². The molecule has 1 N–H and O–H groups in total. The van der Waals surface area contributed by atoms with Gasteiger partial charge in [-0.3, -0.25) is 19.3 Å². The minimum atomic E-state index is -0.0893. The summed E-state index contributed by atoms with van der Waals surface area (Å²) in [5.74, 6) is 0.101. The second kappa shape index (κ2) is 7.93. The highest BCUT2D eigenvalue weighted by Crippen LogP contribution is 2.36. The lowest BCUT2D eigenvalue weighted by Crippen LogP contribution is -2.32. The maximum atomic E-state index is 12.6. The third-order valence-corrected chi connectivity index (χ3v) is 6.54. The van der Waals surface area contributed by atoms with Crippen LogP contribution in [0.25, 0.3) is 0 Å². The quantitative estimate of drug-likeness (QED) is 0.409. The topological polar surface area (TPSA) is 96.0 Å². The highest BCUT2D eigenvalue weighted by atomic mass is 32.2. The minimum Gasteiger partial charge on any atom is -0.355 e. The molecule has 7 nitrogen and oxygen atoms in total. The van der Waals surface area contributed by atoms with Gasteiger partial charge in [-0.2, -0.15) is 0 Å². The van der Waals surface area contributed by atoms with Crippen LogP contribution >= 0.6 is 23.1 Å². The predicted molar refractivity (Wildman–Crippen MR) is 106 cm³/mol. The molecule has 144 valence electrons. The van der Waals surface area contributed by atoms with Crippen LogP contribution in [-0.4, -0.2) is 44.4 Å². The van der Waals surface area contributed by atoms with Crippen LogP contribution in [0.1, 0.15) is 65.2 Å². The zero-order valence-corrected chi connectivity index (χ0v) is 17.4. The van der Waals surface area contributed by atoms with E-state index in [1.807, 2.05) is 6.92 Å². The van der Waals surface area contributed by atoms with Crippen LogP contribution in [0.15, 0.2) is 4.34 Å². The van der Waals surface area contributed by atoms with Crippen molar-refractivity contribution in [2.45, 2.75) is 57.3 Å². The second-order valence-electron chi connectivity index (χ2n) is 6.59. The number of hydrogen-bond acceptors (Lipinski definition) is 7. The first-order valence-corrected chi connectivity index (χ1v) is 10.6. The summed E-state index contributed by atoms with van der Waals surface area (Å²) in [6, 6.07) is 0.236. The zero-order chi connectivity index (χ0) is 19.7. The molecule has 0 atom stereocenters. The normalized spacial score (nSPS) is 13.6. The summed E-state index contributed by atoms with van der Waals surface area (Å²) >= 11 is 2.63. The van der Waals surface area contributed by atoms with E-state index in [4.69, 9.17) is 0 Å². The molecule has 3 rings (SSSR count). The maximum absolute atomic E-state index is 12.6. The van der Waals surface area contributed by atoms with E-state index in [-0.39, 0.29) is 29.3 Å². The van der Waals surface area contributed by atoms with Crippen LogP contribution in [0.2, 0.25) is 0 Å². The van der Waals surface area contributed by atoms with Crippen molar-refractivity contribution in [2.75, 3.05) is 10.7 Å². The van der Waals surface area contributed by atoms with Gasteiger partial charge < -0.3 is 4.98 Å². The van der Waals surface area contributed by atoms with Crippen molar-refractivity contribution in [1.82, 2.24) is 15.2 Å². The molecule has 0 radical (unpaired) electrons. The lowest BCUT2D eigenvalue weighted by atomic mass is 10.1. The highest BCUT2D eigenvalue weighted by molar-refractivity contribution is 8.01. The van der Waals surface area contributed by atoms with Crippen LogP contribution in [0, 0.1) is 13.8 Å².